The van der Waals surface area contributed by atoms with Crippen LogP contribution in [0, 0.1) is 0 Å². The van der Waals surface area contributed by atoms with E-state index in [1.54, 1.807) is 12.2 Å². The second-order valence-corrected chi connectivity index (χ2v) is 23.2. The first-order valence-corrected chi connectivity index (χ1v) is 29.6. The van der Waals surface area contributed by atoms with Crippen molar-refractivity contribution in [3.05, 3.63) is 283 Å². The van der Waals surface area contributed by atoms with Crippen LogP contribution in [-0.4, -0.2) is 4.57 Å². The molecule has 0 aliphatic heterocycles. The minimum absolute atomic E-state index is 1.07. The summed E-state index contributed by atoms with van der Waals surface area (Å²) in [6.45, 7) is 14.9. The zero-order valence-corrected chi connectivity index (χ0v) is 48.6. The Morgan fingerprint density at radius 3 is 1.82 bits per heavy atom. The maximum atomic E-state index is 3.84. The van der Waals surface area contributed by atoms with Gasteiger partial charge in [-0.15, -0.1) is 35.8 Å². The van der Waals surface area contributed by atoms with Crippen LogP contribution in [0.15, 0.2) is 272 Å². The molecule has 0 fully saturated rings. The lowest BCUT2D eigenvalue weighted by molar-refractivity contribution is 1.18. The van der Waals surface area contributed by atoms with Crippen molar-refractivity contribution in [3.8, 4) is 27.9 Å². The van der Waals surface area contributed by atoms with Crippen LogP contribution in [0.2, 0.25) is 0 Å². The number of halogens is 1. The highest BCUT2D eigenvalue weighted by Crippen LogP contribution is 2.50. The van der Waals surface area contributed by atoms with Crippen molar-refractivity contribution in [3.63, 3.8) is 0 Å². The summed E-state index contributed by atoms with van der Waals surface area (Å²) in [5, 5.41) is 10.2. The van der Waals surface area contributed by atoms with Gasteiger partial charge in [0.15, 0.2) is 0 Å². The van der Waals surface area contributed by atoms with E-state index in [-0.39, 0.29) is 0 Å². The highest BCUT2D eigenvalue weighted by Gasteiger charge is 2.24. The van der Waals surface area contributed by atoms with Crippen molar-refractivity contribution in [2.24, 2.45) is 0 Å². The summed E-state index contributed by atoms with van der Waals surface area (Å²) in [7, 11) is 0. The van der Waals surface area contributed by atoms with Gasteiger partial charge in [0.05, 0.1) is 11.0 Å². The van der Waals surface area contributed by atoms with Gasteiger partial charge in [-0.2, -0.15) is 0 Å². The summed E-state index contributed by atoms with van der Waals surface area (Å²) in [5.74, 6) is 0. The standard InChI is InChI=1S/C58H35BrN2S2.C11H12.2C3H6/c59-50-22-9-6-19-44(50)38-15-12-18-41(32-38)60(42-27-25-36-13-4-5-14-37(36)31-42)43-28-30-47-51(34-43)61(40-16-2-1-3-17-40)52-35-49(56-48-21-8-11-24-54(48)63-58(56)57(47)52)39-26-29-46-45-20-7-10-23-53(45)62-55(46)33-39;1-8-7-10-5-3-4-6-11(10)9(8)2;2*1-3-2/h1-35H;3-6H,7H2,1-2H3;2*3H,1H2,2H3. The van der Waals surface area contributed by atoms with Crippen molar-refractivity contribution < 1.29 is 0 Å². The summed E-state index contributed by atoms with van der Waals surface area (Å²) >= 11 is 7.63. The molecule has 80 heavy (non-hydrogen) atoms. The molecule has 3 aromatic heterocycles. The smallest absolute Gasteiger partial charge is 0.0562 e. The molecule has 1 aliphatic carbocycles. The van der Waals surface area contributed by atoms with Crippen LogP contribution in [0.3, 0.4) is 0 Å². The molecule has 15 rings (SSSR count). The number of thiophene rings is 2. The van der Waals surface area contributed by atoms with Crippen LogP contribution in [0.4, 0.5) is 17.1 Å². The number of aromatic nitrogens is 1. The van der Waals surface area contributed by atoms with E-state index in [0.717, 1.165) is 50.3 Å². The van der Waals surface area contributed by atoms with Crippen LogP contribution in [0.5, 0.6) is 0 Å². The van der Waals surface area contributed by atoms with Crippen LogP contribution in [0.25, 0.3) is 106 Å². The van der Waals surface area contributed by atoms with Crippen molar-refractivity contribution in [2.45, 2.75) is 34.1 Å². The van der Waals surface area contributed by atoms with Gasteiger partial charge in [-0.3, -0.25) is 0 Å². The molecule has 3 heterocycles. The predicted octanol–water partition coefficient (Wildman–Crippen LogP) is 23.7. The summed E-state index contributed by atoms with van der Waals surface area (Å²) in [6, 6.07) is 86.7. The van der Waals surface area contributed by atoms with Gasteiger partial charge in [-0.05, 0) is 163 Å². The van der Waals surface area contributed by atoms with E-state index in [9.17, 15) is 0 Å². The molecule has 0 amide bonds. The van der Waals surface area contributed by atoms with Gasteiger partial charge in [0, 0.05) is 78.3 Å². The Bertz CT molecular complexity index is 4680. The third kappa shape index (κ3) is 9.66. The van der Waals surface area contributed by atoms with Gasteiger partial charge in [0.2, 0.25) is 0 Å². The quantitative estimate of drug-likeness (QED) is 0.151. The summed E-state index contributed by atoms with van der Waals surface area (Å²) < 4.78 is 8.82. The van der Waals surface area contributed by atoms with Gasteiger partial charge in [-0.25, -0.2) is 0 Å². The molecule has 0 bridgehead atoms. The van der Waals surface area contributed by atoms with Crippen molar-refractivity contribution in [1.82, 2.24) is 4.57 Å². The Hall–Kier alpha value is -8.58. The molecule has 0 radical (unpaired) electrons. The van der Waals surface area contributed by atoms with Crippen molar-refractivity contribution in [2.75, 3.05) is 4.90 Å². The molecule has 0 N–H and O–H groups in total. The highest BCUT2D eigenvalue weighted by molar-refractivity contribution is 9.10. The number of fused-ring (bicyclic) bond motifs is 12. The van der Waals surface area contributed by atoms with E-state index >= 15 is 0 Å². The Morgan fingerprint density at radius 1 is 0.450 bits per heavy atom. The molecule has 11 aromatic carbocycles. The monoisotopic (exact) mass is 1130 g/mol. The van der Waals surface area contributed by atoms with E-state index in [0.29, 0.717) is 0 Å². The SMILES string of the molecule is Brc1ccccc1-c1cccc(N(c2ccc3ccccc3c2)c2ccc3c4c5sc6ccccc6c5c(-c5ccc6c(c5)sc5ccccc56)cc4n(-c4ccccc4)c3c2)c1.C=CC.C=CC.CC1=C(C)c2ccccc2C1. The molecule has 0 unspecified atom stereocenters. The lowest BCUT2D eigenvalue weighted by atomic mass is 9.96. The molecule has 1 aliphatic rings. The zero-order chi connectivity index (χ0) is 54.9. The number of para-hydroxylation sites is 1. The Balaban J connectivity index is 0.000000325. The number of allylic oxidation sites excluding steroid dienone is 4. The maximum absolute atomic E-state index is 3.84. The van der Waals surface area contributed by atoms with Crippen LogP contribution in [-0.2, 0) is 6.42 Å². The zero-order valence-electron chi connectivity index (χ0n) is 45.4. The first-order valence-electron chi connectivity index (χ1n) is 27.2. The number of rotatable bonds is 6. The van der Waals surface area contributed by atoms with E-state index in [1.165, 1.54) is 101 Å². The molecule has 0 saturated carbocycles. The number of benzene rings is 11. The van der Waals surface area contributed by atoms with E-state index in [4.69, 9.17) is 0 Å². The van der Waals surface area contributed by atoms with E-state index in [2.05, 4.69) is 289 Å². The second-order valence-electron chi connectivity index (χ2n) is 20.3. The molecule has 0 atom stereocenters. The van der Waals surface area contributed by atoms with E-state index < -0.39 is 0 Å². The first-order chi connectivity index (χ1) is 39.3. The minimum atomic E-state index is 1.07. The second kappa shape index (κ2) is 22.6. The maximum Gasteiger partial charge on any atom is 0.0562 e. The number of hydrogen-bond acceptors (Lipinski definition) is 3. The molecule has 14 aromatic rings. The Labute approximate surface area is 485 Å². The lowest BCUT2D eigenvalue weighted by Crippen LogP contribution is -2.10. The van der Waals surface area contributed by atoms with Gasteiger partial charge in [0.1, 0.15) is 0 Å². The first kappa shape index (κ1) is 52.1. The summed E-state index contributed by atoms with van der Waals surface area (Å²) in [5.41, 5.74) is 17.5. The molecule has 0 saturated heterocycles. The third-order valence-electron chi connectivity index (χ3n) is 15.1. The number of nitrogens with zero attached hydrogens (tertiary/aromatic N) is 2. The van der Waals surface area contributed by atoms with Gasteiger partial charge in [-0.1, -0.05) is 191 Å². The fraction of sp³-hybridized carbons (Fsp3) is 0.0667. The third-order valence-corrected chi connectivity index (χ3v) is 18.1. The summed E-state index contributed by atoms with van der Waals surface area (Å²) in [6.07, 6.45) is 4.65. The Morgan fingerprint density at radius 2 is 1.05 bits per heavy atom. The lowest BCUT2D eigenvalue weighted by Gasteiger charge is -2.27. The van der Waals surface area contributed by atoms with E-state index in [1.807, 2.05) is 36.5 Å². The number of anilines is 3. The van der Waals surface area contributed by atoms with Crippen LogP contribution in [0.1, 0.15) is 38.8 Å². The predicted molar refractivity (Wildman–Crippen MR) is 357 cm³/mol. The van der Waals surface area contributed by atoms with Crippen molar-refractivity contribution in [1.29, 1.82) is 0 Å². The molecular weight excluding hydrogens is 1070 g/mol. The molecule has 5 heteroatoms. The van der Waals surface area contributed by atoms with Gasteiger partial charge in [0.25, 0.3) is 0 Å². The fourth-order valence-electron chi connectivity index (χ4n) is 11.4. The Kier molecular flexibility index (Phi) is 14.8. The van der Waals surface area contributed by atoms with Crippen molar-refractivity contribution >= 4 is 134 Å². The highest BCUT2D eigenvalue weighted by atomic mass is 79.9. The number of hydrogen-bond donors (Lipinski definition) is 0. The van der Waals surface area contributed by atoms with Gasteiger partial charge < -0.3 is 9.47 Å². The van der Waals surface area contributed by atoms with Crippen LogP contribution < -0.4 is 4.90 Å². The topological polar surface area (TPSA) is 8.17 Å². The molecular formula is C75H59BrN2S2. The summed E-state index contributed by atoms with van der Waals surface area (Å²) in [4.78, 5) is 2.42. The molecule has 388 valence electrons. The fourth-order valence-corrected chi connectivity index (χ4v) is 14.4. The minimum Gasteiger partial charge on any atom is -0.310 e. The van der Waals surface area contributed by atoms with Crippen LogP contribution >= 0.6 is 38.6 Å². The average molecular weight is 1130 g/mol. The largest absolute Gasteiger partial charge is 0.310 e. The average Bonchev–Trinajstić information content (AvgIpc) is 4.39. The van der Waals surface area contributed by atoms with Gasteiger partial charge >= 0.3 is 0 Å². The normalized spacial score (nSPS) is 11.8. The molecule has 2 nitrogen and oxygen atoms in total. The molecule has 0 spiro atoms.